The smallest absolute Gasteiger partial charge is 0.243 e. The highest BCUT2D eigenvalue weighted by atomic mass is 16.3. The number of nitrogens with one attached hydrogen (secondary N) is 3. The van der Waals surface area contributed by atoms with Gasteiger partial charge in [-0.15, -0.1) is 0 Å². The minimum absolute atomic E-state index is 0.0538. The van der Waals surface area contributed by atoms with Crippen molar-refractivity contribution in [3.8, 4) is 0 Å². The molecule has 0 heterocycles. The van der Waals surface area contributed by atoms with Crippen LogP contribution in [0.25, 0.3) is 0 Å². The maximum Gasteiger partial charge on any atom is 0.243 e. The summed E-state index contributed by atoms with van der Waals surface area (Å²) in [6.07, 6.45) is 0.849. The van der Waals surface area contributed by atoms with Gasteiger partial charge in [0.2, 0.25) is 11.8 Å². The summed E-state index contributed by atoms with van der Waals surface area (Å²) in [4.78, 5) is 24.3. The first-order valence-corrected chi connectivity index (χ1v) is 10.2. The van der Waals surface area contributed by atoms with E-state index in [1.165, 1.54) is 6.92 Å². The minimum Gasteiger partial charge on any atom is -0.390 e. The third-order valence-corrected chi connectivity index (χ3v) is 4.94. The largest absolute Gasteiger partial charge is 0.390 e. The Kier molecular flexibility index (Phi) is 10.8. The van der Waals surface area contributed by atoms with E-state index < -0.39 is 18.2 Å². The molecule has 4 atom stereocenters. The lowest BCUT2D eigenvalue weighted by Gasteiger charge is -2.28. The monoisotopic (exact) mass is 391 g/mol. The van der Waals surface area contributed by atoms with Crippen molar-refractivity contribution >= 4 is 11.8 Å². The lowest BCUT2D eigenvalue weighted by molar-refractivity contribution is -0.130. The van der Waals surface area contributed by atoms with Crippen molar-refractivity contribution in [2.45, 2.75) is 65.6 Å². The number of carbonyl (C=O) groups is 2. The highest BCUT2D eigenvalue weighted by Crippen LogP contribution is 2.09. The average Bonchev–Trinajstić information content (AvgIpc) is 2.65. The second-order valence-electron chi connectivity index (χ2n) is 7.97. The Morgan fingerprint density at radius 2 is 1.68 bits per heavy atom. The SMILES string of the molecule is CC[C@@H](C)CNC[C@H](O)[C@H](Cc1ccccc1)NC(=O)[C@@H](NC(C)=O)C(C)C. The van der Waals surface area contributed by atoms with Crippen molar-refractivity contribution in [3.05, 3.63) is 35.9 Å². The summed E-state index contributed by atoms with van der Waals surface area (Å²) in [5, 5.41) is 19.7. The normalized spacial score (nSPS) is 15.5. The van der Waals surface area contributed by atoms with Gasteiger partial charge >= 0.3 is 0 Å². The van der Waals surface area contributed by atoms with E-state index in [-0.39, 0.29) is 17.7 Å². The molecule has 0 aromatic heterocycles. The van der Waals surface area contributed by atoms with Gasteiger partial charge in [-0.3, -0.25) is 9.59 Å². The molecule has 6 heteroatoms. The lowest BCUT2D eigenvalue weighted by atomic mass is 9.98. The number of hydrogen-bond donors (Lipinski definition) is 4. The van der Waals surface area contributed by atoms with Crippen LogP contribution < -0.4 is 16.0 Å². The molecule has 2 amide bonds. The first-order valence-electron chi connectivity index (χ1n) is 10.2. The van der Waals surface area contributed by atoms with Crippen LogP contribution >= 0.6 is 0 Å². The summed E-state index contributed by atoms with van der Waals surface area (Å²) in [7, 11) is 0. The van der Waals surface area contributed by atoms with Gasteiger partial charge < -0.3 is 21.1 Å². The third-order valence-electron chi connectivity index (χ3n) is 4.94. The van der Waals surface area contributed by atoms with Crippen molar-refractivity contribution in [1.29, 1.82) is 0 Å². The molecular weight excluding hydrogens is 354 g/mol. The fourth-order valence-electron chi connectivity index (χ4n) is 2.94. The summed E-state index contributed by atoms with van der Waals surface area (Å²) in [5.74, 6) is -0.0438. The number of benzene rings is 1. The van der Waals surface area contributed by atoms with Crippen molar-refractivity contribution in [3.63, 3.8) is 0 Å². The van der Waals surface area contributed by atoms with E-state index in [2.05, 4.69) is 29.8 Å². The molecule has 1 aromatic rings. The summed E-state index contributed by atoms with van der Waals surface area (Å²) in [5.41, 5.74) is 1.04. The molecule has 0 saturated carbocycles. The zero-order valence-electron chi connectivity index (χ0n) is 17.9. The molecule has 6 nitrogen and oxygen atoms in total. The molecule has 0 radical (unpaired) electrons. The predicted molar refractivity (Wildman–Crippen MR) is 113 cm³/mol. The molecule has 1 aromatic carbocycles. The number of hydrogen-bond acceptors (Lipinski definition) is 4. The molecule has 0 bridgehead atoms. The van der Waals surface area contributed by atoms with Crippen LogP contribution in [0.5, 0.6) is 0 Å². The molecule has 0 fully saturated rings. The third kappa shape index (κ3) is 8.85. The average molecular weight is 392 g/mol. The molecule has 28 heavy (non-hydrogen) atoms. The standard InChI is InChI=1S/C22H37N3O3/c1-6-16(4)13-23-14-20(27)19(12-18-10-8-7-9-11-18)25-22(28)21(15(2)3)24-17(5)26/h7-11,15-16,19-21,23,27H,6,12-14H2,1-5H3,(H,24,26)(H,25,28)/t16-,19+,20+,21+/m1/s1. The van der Waals surface area contributed by atoms with Gasteiger partial charge in [-0.2, -0.15) is 0 Å². The second kappa shape index (κ2) is 12.5. The Balaban J connectivity index is 2.83. The van der Waals surface area contributed by atoms with E-state index in [4.69, 9.17) is 0 Å². The molecular formula is C22H37N3O3. The van der Waals surface area contributed by atoms with Gasteiger partial charge in [-0.1, -0.05) is 64.4 Å². The van der Waals surface area contributed by atoms with Crippen molar-refractivity contribution in [2.75, 3.05) is 13.1 Å². The van der Waals surface area contributed by atoms with Crippen LogP contribution in [0.15, 0.2) is 30.3 Å². The van der Waals surface area contributed by atoms with Gasteiger partial charge in [-0.25, -0.2) is 0 Å². The lowest BCUT2D eigenvalue weighted by Crippen LogP contribution is -2.56. The van der Waals surface area contributed by atoms with Crippen LogP contribution in [0.1, 0.15) is 46.6 Å². The quantitative estimate of drug-likeness (QED) is 0.438. The molecule has 158 valence electrons. The second-order valence-corrected chi connectivity index (χ2v) is 7.97. The Labute approximate surface area is 169 Å². The highest BCUT2D eigenvalue weighted by molar-refractivity contribution is 5.87. The topological polar surface area (TPSA) is 90.5 Å². The Bertz CT molecular complexity index is 592. The van der Waals surface area contributed by atoms with Gasteiger partial charge in [-0.05, 0) is 30.4 Å². The van der Waals surface area contributed by atoms with Crippen molar-refractivity contribution in [1.82, 2.24) is 16.0 Å². The molecule has 0 saturated heterocycles. The molecule has 0 unspecified atom stereocenters. The maximum atomic E-state index is 12.8. The zero-order chi connectivity index (χ0) is 21.1. The molecule has 4 N–H and O–H groups in total. The number of rotatable bonds is 12. The van der Waals surface area contributed by atoms with E-state index in [0.29, 0.717) is 18.9 Å². The van der Waals surface area contributed by atoms with Crippen LogP contribution in [-0.2, 0) is 16.0 Å². The Morgan fingerprint density at radius 1 is 1.04 bits per heavy atom. The van der Waals surface area contributed by atoms with Gasteiger partial charge in [0, 0.05) is 13.5 Å². The van der Waals surface area contributed by atoms with E-state index >= 15 is 0 Å². The van der Waals surface area contributed by atoms with E-state index in [9.17, 15) is 14.7 Å². The Morgan fingerprint density at radius 3 is 2.21 bits per heavy atom. The van der Waals surface area contributed by atoms with E-state index in [1.54, 1.807) is 0 Å². The van der Waals surface area contributed by atoms with E-state index in [0.717, 1.165) is 18.5 Å². The predicted octanol–water partition coefficient (Wildman–Crippen LogP) is 1.87. The highest BCUT2D eigenvalue weighted by Gasteiger charge is 2.28. The minimum atomic E-state index is -0.738. The summed E-state index contributed by atoms with van der Waals surface area (Å²) in [6.45, 7) is 10.7. The Hall–Kier alpha value is -1.92. The molecule has 0 spiro atoms. The van der Waals surface area contributed by atoms with E-state index in [1.807, 2.05) is 44.2 Å². The van der Waals surface area contributed by atoms with Crippen LogP contribution in [0, 0.1) is 11.8 Å². The fourth-order valence-corrected chi connectivity index (χ4v) is 2.94. The van der Waals surface area contributed by atoms with Crippen LogP contribution in [0.2, 0.25) is 0 Å². The molecule has 0 aliphatic rings. The number of aliphatic hydroxyl groups is 1. The van der Waals surface area contributed by atoms with Gasteiger partial charge in [0.1, 0.15) is 6.04 Å². The summed E-state index contributed by atoms with van der Waals surface area (Å²) < 4.78 is 0. The number of aliphatic hydroxyl groups excluding tert-OH is 1. The fraction of sp³-hybridized carbons (Fsp3) is 0.636. The molecule has 0 aliphatic carbocycles. The molecule has 0 aliphatic heterocycles. The zero-order valence-corrected chi connectivity index (χ0v) is 17.9. The van der Waals surface area contributed by atoms with Crippen LogP contribution in [-0.4, -0.2) is 48.2 Å². The van der Waals surface area contributed by atoms with Crippen molar-refractivity contribution in [2.24, 2.45) is 11.8 Å². The number of carbonyl (C=O) groups excluding carboxylic acids is 2. The summed E-state index contributed by atoms with van der Waals surface area (Å²) >= 11 is 0. The van der Waals surface area contributed by atoms with Gasteiger partial charge in [0.15, 0.2) is 0 Å². The van der Waals surface area contributed by atoms with Crippen molar-refractivity contribution < 1.29 is 14.7 Å². The first kappa shape index (κ1) is 24.1. The molecule has 1 rings (SSSR count). The maximum absolute atomic E-state index is 12.8. The number of amides is 2. The van der Waals surface area contributed by atoms with Gasteiger partial charge in [0.25, 0.3) is 0 Å². The van der Waals surface area contributed by atoms with Gasteiger partial charge in [0.05, 0.1) is 12.1 Å². The summed E-state index contributed by atoms with van der Waals surface area (Å²) in [6, 6.07) is 8.70. The van der Waals surface area contributed by atoms with Crippen LogP contribution in [0.3, 0.4) is 0 Å². The first-order chi connectivity index (χ1) is 13.2. The van der Waals surface area contributed by atoms with Crippen LogP contribution in [0.4, 0.5) is 0 Å².